The monoisotopic (exact) mass is 411 g/mol. The van der Waals surface area contributed by atoms with Gasteiger partial charge in [-0.2, -0.15) is 0 Å². The lowest BCUT2D eigenvalue weighted by molar-refractivity contribution is 0.0977. The summed E-state index contributed by atoms with van der Waals surface area (Å²) in [6.45, 7) is 0.783. The van der Waals surface area contributed by atoms with Crippen LogP contribution in [0.3, 0.4) is 0 Å². The number of benzene rings is 2. The van der Waals surface area contributed by atoms with Crippen LogP contribution in [0.25, 0.3) is 20.4 Å². The van der Waals surface area contributed by atoms with Gasteiger partial charge in [0.05, 0.1) is 4.70 Å². The summed E-state index contributed by atoms with van der Waals surface area (Å²) in [6, 6.07) is 14.2. The second-order valence-electron chi connectivity index (χ2n) is 6.09. The molecule has 148 valence electrons. The van der Waals surface area contributed by atoms with Crippen LogP contribution in [0.4, 0.5) is 10.5 Å². The first-order valence-corrected chi connectivity index (χ1v) is 9.50. The van der Waals surface area contributed by atoms with Gasteiger partial charge in [0, 0.05) is 10.1 Å². The lowest BCUT2D eigenvalue weighted by Gasteiger charge is -2.08. The van der Waals surface area contributed by atoms with Crippen molar-refractivity contribution in [2.24, 2.45) is 11.5 Å². The zero-order valence-electron chi connectivity index (χ0n) is 15.1. The van der Waals surface area contributed by atoms with Crippen molar-refractivity contribution in [3.8, 4) is 11.5 Å². The predicted molar refractivity (Wildman–Crippen MR) is 111 cm³/mol. The maximum absolute atomic E-state index is 11.6. The van der Waals surface area contributed by atoms with Crippen LogP contribution in [0, 0.1) is 0 Å². The molecule has 0 bridgehead atoms. The molecule has 9 heteroatoms. The molecule has 29 heavy (non-hydrogen) atoms. The number of fused-ring (bicyclic) bond motifs is 3. The van der Waals surface area contributed by atoms with E-state index >= 15 is 0 Å². The Hall–Kier alpha value is -3.72. The van der Waals surface area contributed by atoms with Crippen LogP contribution in [-0.2, 0) is 0 Å². The average Bonchev–Trinajstić information content (AvgIpc) is 3.22. The molecule has 4 aromatic rings. The third kappa shape index (κ3) is 3.81. The number of nitrogens with two attached hydrogens (primary N) is 2. The molecule has 5 N–H and O–H groups in total. The molecule has 0 saturated carbocycles. The Labute approximate surface area is 169 Å². The summed E-state index contributed by atoms with van der Waals surface area (Å²) in [5.41, 5.74) is 11.2. The topological polar surface area (TPSA) is 130 Å². The maximum Gasteiger partial charge on any atom is 0.316 e. The third-order valence-corrected chi connectivity index (χ3v) is 5.26. The number of amides is 3. The Morgan fingerprint density at radius 1 is 1.00 bits per heavy atom. The highest BCUT2D eigenvalue weighted by atomic mass is 32.1. The van der Waals surface area contributed by atoms with Crippen molar-refractivity contribution >= 4 is 49.3 Å². The zero-order chi connectivity index (χ0) is 20.4. The molecule has 0 atom stereocenters. The molecule has 8 nitrogen and oxygen atoms in total. The van der Waals surface area contributed by atoms with E-state index in [1.54, 1.807) is 6.07 Å². The summed E-state index contributed by atoms with van der Waals surface area (Å²) < 4.78 is 18.4. The fourth-order valence-electron chi connectivity index (χ4n) is 2.91. The minimum absolute atomic E-state index is 0.134. The van der Waals surface area contributed by atoms with Gasteiger partial charge < -0.3 is 30.7 Å². The van der Waals surface area contributed by atoms with Gasteiger partial charge in [0.1, 0.15) is 30.4 Å². The Balaban J connectivity index is 1.54. The quantitative estimate of drug-likeness (QED) is 0.399. The minimum Gasteiger partial charge on any atom is -0.490 e. The molecule has 0 saturated heterocycles. The highest BCUT2D eigenvalue weighted by Gasteiger charge is 2.23. The van der Waals surface area contributed by atoms with E-state index < -0.39 is 11.9 Å². The number of nitrogens with one attached hydrogen (secondary N) is 1. The van der Waals surface area contributed by atoms with Gasteiger partial charge >= 0.3 is 6.03 Å². The molecule has 0 aliphatic rings. The molecule has 4 rings (SSSR count). The van der Waals surface area contributed by atoms with E-state index in [0.29, 0.717) is 29.2 Å². The van der Waals surface area contributed by atoms with Gasteiger partial charge in [0.15, 0.2) is 5.58 Å². The first kappa shape index (κ1) is 18.6. The lowest BCUT2D eigenvalue weighted by Crippen LogP contribution is -2.21. The van der Waals surface area contributed by atoms with Gasteiger partial charge in [0.2, 0.25) is 5.76 Å². The number of primary amides is 2. The van der Waals surface area contributed by atoms with Crippen molar-refractivity contribution in [3.63, 3.8) is 0 Å². The number of furan rings is 1. The summed E-state index contributed by atoms with van der Waals surface area (Å²) in [6.07, 6.45) is 0. The number of para-hydroxylation sites is 1. The van der Waals surface area contributed by atoms with E-state index in [9.17, 15) is 9.59 Å². The average molecular weight is 411 g/mol. The number of urea groups is 1. The minimum atomic E-state index is -0.810. The SMILES string of the molecule is NC(=O)Nc1c(C(N)=O)oc2c1sc1cc(OCCOc3ccccc3)ccc12. The molecule has 0 unspecified atom stereocenters. The van der Waals surface area contributed by atoms with E-state index in [0.717, 1.165) is 15.8 Å². The van der Waals surface area contributed by atoms with Crippen LogP contribution in [0.1, 0.15) is 10.6 Å². The molecule has 2 heterocycles. The summed E-state index contributed by atoms with van der Waals surface area (Å²) >= 11 is 1.34. The molecular formula is C20H17N3O5S. The molecule has 0 aliphatic heterocycles. The van der Waals surface area contributed by atoms with E-state index in [2.05, 4.69) is 5.32 Å². The van der Waals surface area contributed by atoms with Crippen LogP contribution in [0.5, 0.6) is 11.5 Å². The smallest absolute Gasteiger partial charge is 0.316 e. The van der Waals surface area contributed by atoms with E-state index in [1.165, 1.54) is 11.3 Å². The van der Waals surface area contributed by atoms with Crippen molar-refractivity contribution in [3.05, 3.63) is 54.3 Å². The highest BCUT2D eigenvalue weighted by molar-refractivity contribution is 7.26. The summed E-state index contributed by atoms with van der Waals surface area (Å²) in [5.74, 6) is 0.525. The van der Waals surface area contributed by atoms with Crippen LogP contribution < -0.4 is 26.3 Å². The second-order valence-corrected chi connectivity index (χ2v) is 7.14. The number of thiophene rings is 1. The summed E-state index contributed by atoms with van der Waals surface area (Å²) in [5, 5.41) is 3.19. The molecule has 3 amide bonds. The van der Waals surface area contributed by atoms with Crippen LogP contribution in [-0.4, -0.2) is 25.2 Å². The number of carbonyl (C=O) groups is 2. The van der Waals surface area contributed by atoms with Crippen molar-refractivity contribution in [1.82, 2.24) is 0 Å². The van der Waals surface area contributed by atoms with Gasteiger partial charge in [-0.25, -0.2) is 4.79 Å². The van der Waals surface area contributed by atoms with E-state index in [-0.39, 0.29) is 11.4 Å². The molecule has 0 spiro atoms. The van der Waals surface area contributed by atoms with Gasteiger partial charge in [-0.3, -0.25) is 4.79 Å². The Morgan fingerprint density at radius 2 is 1.72 bits per heavy atom. The number of ether oxygens (including phenoxy) is 2. The summed E-state index contributed by atoms with van der Waals surface area (Å²) in [4.78, 5) is 22.9. The molecule has 0 radical (unpaired) electrons. The van der Waals surface area contributed by atoms with Crippen molar-refractivity contribution in [2.45, 2.75) is 0 Å². The third-order valence-electron chi connectivity index (χ3n) is 4.11. The largest absolute Gasteiger partial charge is 0.490 e. The van der Waals surface area contributed by atoms with E-state index in [1.807, 2.05) is 42.5 Å². The predicted octanol–water partition coefficient (Wildman–Crippen LogP) is 3.69. The van der Waals surface area contributed by atoms with Gasteiger partial charge in [0.25, 0.3) is 5.91 Å². The molecule has 2 aromatic heterocycles. The summed E-state index contributed by atoms with van der Waals surface area (Å²) in [7, 11) is 0. The Bertz CT molecular complexity index is 1200. The molecule has 0 fully saturated rings. The first-order chi connectivity index (χ1) is 14.0. The maximum atomic E-state index is 11.6. The molecule has 0 aliphatic carbocycles. The molecule has 2 aromatic carbocycles. The number of carbonyl (C=O) groups excluding carboxylic acids is 2. The van der Waals surface area contributed by atoms with Crippen LogP contribution in [0.15, 0.2) is 52.9 Å². The first-order valence-electron chi connectivity index (χ1n) is 8.69. The Kier molecular flexibility index (Phi) is 4.96. The highest BCUT2D eigenvalue weighted by Crippen LogP contribution is 2.43. The zero-order valence-corrected chi connectivity index (χ0v) is 16.0. The van der Waals surface area contributed by atoms with Gasteiger partial charge in [-0.15, -0.1) is 11.3 Å². The Morgan fingerprint density at radius 3 is 2.41 bits per heavy atom. The normalized spacial score (nSPS) is 10.9. The molecular weight excluding hydrogens is 394 g/mol. The van der Waals surface area contributed by atoms with Crippen LogP contribution in [0.2, 0.25) is 0 Å². The number of hydrogen-bond acceptors (Lipinski definition) is 6. The fourth-order valence-corrected chi connectivity index (χ4v) is 4.07. The van der Waals surface area contributed by atoms with Gasteiger partial charge in [-0.1, -0.05) is 18.2 Å². The van der Waals surface area contributed by atoms with Crippen molar-refractivity contribution in [2.75, 3.05) is 18.5 Å². The standard InChI is InChI=1S/C20H17N3O5S/c21-19(24)17-15(23-20(22)25)18-16(28-17)13-7-6-12(10-14(13)29-18)27-9-8-26-11-4-2-1-3-5-11/h1-7,10H,8-9H2,(H2,21,24)(H3,22,23,25). The fraction of sp³-hybridized carbons (Fsp3) is 0.100. The number of anilines is 1. The van der Waals surface area contributed by atoms with E-state index in [4.69, 9.17) is 25.4 Å². The lowest BCUT2D eigenvalue weighted by atomic mass is 10.2. The van der Waals surface area contributed by atoms with Crippen molar-refractivity contribution in [1.29, 1.82) is 0 Å². The number of rotatable bonds is 7. The van der Waals surface area contributed by atoms with Crippen LogP contribution >= 0.6 is 11.3 Å². The van der Waals surface area contributed by atoms with Gasteiger partial charge in [-0.05, 0) is 30.3 Å². The van der Waals surface area contributed by atoms with Crippen molar-refractivity contribution < 1.29 is 23.5 Å². The second kappa shape index (κ2) is 7.72. The number of hydrogen-bond donors (Lipinski definition) is 3.